The molecule has 0 spiro atoms. The SMILES string of the molecule is NCCCc1ccc(S(=O)(=O)N2CC3CCC2C3)cc1. The van der Waals surface area contributed by atoms with Gasteiger partial charge in [-0.1, -0.05) is 12.1 Å². The number of piperidine rings is 1. The number of nitrogens with two attached hydrogens (primary N) is 1. The van der Waals surface area contributed by atoms with Crippen LogP contribution in [0.3, 0.4) is 0 Å². The highest BCUT2D eigenvalue weighted by atomic mass is 32.2. The third kappa shape index (κ3) is 2.50. The van der Waals surface area contributed by atoms with Gasteiger partial charge in [0.25, 0.3) is 0 Å². The van der Waals surface area contributed by atoms with Crippen molar-refractivity contribution in [1.82, 2.24) is 4.31 Å². The molecule has 1 aliphatic heterocycles. The summed E-state index contributed by atoms with van der Waals surface area (Å²) >= 11 is 0. The Labute approximate surface area is 121 Å². The molecule has 2 N–H and O–H groups in total. The van der Waals surface area contributed by atoms with Gasteiger partial charge in [-0.05, 0) is 62.3 Å². The number of hydrogen-bond donors (Lipinski definition) is 1. The van der Waals surface area contributed by atoms with E-state index >= 15 is 0 Å². The Kier molecular flexibility index (Phi) is 3.84. The summed E-state index contributed by atoms with van der Waals surface area (Å²) in [6, 6.07) is 7.55. The molecule has 1 saturated carbocycles. The van der Waals surface area contributed by atoms with Crippen molar-refractivity contribution < 1.29 is 8.42 Å². The Morgan fingerprint density at radius 1 is 1.20 bits per heavy atom. The molecule has 2 unspecified atom stereocenters. The van der Waals surface area contributed by atoms with E-state index in [1.165, 1.54) is 6.42 Å². The molecule has 1 heterocycles. The lowest BCUT2D eigenvalue weighted by Crippen LogP contribution is -2.37. The number of aryl methyl sites for hydroxylation is 1. The van der Waals surface area contributed by atoms with Gasteiger partial charge in [0.1, 0.15) is 0 Å². The summed E-state index contributed by atoms with van der Waals surface area (Å²) in [5.74, 6) is 0.582. The molecule has 5 heteroatoms. The van der Waals surface area contributed by atoms with Crippen molar-refractivity contribution in [3.8, 4) is 0 Å². The molecule has 20 heavy (non-hydrogen) atoms. The Morgan fingerprint density at radius 3 is 2.50 bits per heavy atom. The lowest BCUT2D eigenvalue weighted by Gasteiger charge is -2.26. The summed E-state index contributed by atoms with van der Waals surface area (Å²) in [4.78, 5) is 0.432. The van der Waals surface area contributed by atoms with E-state index in [4.69, 9.17) is 5.73 Å². The second-order valence-electron chi connectivity index (χ2n) is 5.94. The summed E-state index contributed by atoms with van der Waals surface area (Å²) in [7, 11) is -3.30. The zero-order chi connectivity index (χ0) is 14.2. The molecule has 2 atom stereocenters. The zero-order valence-electron chi connectivity index (χ0n) is 11.7. The van der Waals surface area contributed by atoms with Crippen LogP contribution >= 0.6 is 0 Å². The lowest BCUT2D eigenvalue weighted by atomic mass is 10.1. The first-order valence-corrected chi connectivity index (χ1v) is 8.86. The van der Waals surface area contributed by atoms with Gasteiger partial charge in [-0.15, -0.1) is 0 Å². The van der Waals surface area contributed by atoms with Crippen molar-refractivity contribution in [1.29, 1.82) is 0 Å². The van der Waals surface area contributed by atoms with Crippen molar-refractivity contribution >= 4 is 10.0 Å². The van der Waals surface area contributed by atoms with E-state index in [0.717, 1.165) is 31.2 Å². The smallest absolute Gasteiger partial charge is 0.243 e. The van der Waals surface area contributed by atoms with Crippen molar-refractivity contribution in [2.24, 2.45) is 11.7 Å². The van der Waals surface area contributed by atoms with Crippen molar-refractivity contribution in [2.75, 3.05) is 13.1 Å². The van der Waals surface area contributed by atoms with Gasteiger partial charge in [0, 0.05) is 12.6 Å². The fourth-order valence-electron chi connectivity index (χ4n) is 3.44. The first kappa shape index (κ1) is 14.0. The van der Waals surface area contributed by atoms with Gasteiger partial charge < -0.3 is 5.73 Å². The van der Waals surface area contributed by atoms with Crippen LogP contribution in [0.2, 0.25) is 0 Å². The van der Waals surface area contributed by atoms with Gasteiger partial charge in [-0.2, -0.15) is 4.31 Å². The highest BCUT2D eigenvalue weighted by Gasteiger charge is 2.44. The molecule has 3 rings (SSSR count). The van der Waals surface area contributed by atoms with E-state index in [1.807, 2.05) is 12.1 Å². The van der Waals surface area contributed by atoms with Crippen LogP contribution in [0.4, 0.5) is 0 Å². The molecule has 1 aromatic rings. The van der Waals surface area contributed by atoms with Crippen LogP contribution in [0.25, 0.3) is 0 Å². The second kappa shape index (κ2) is 5.47. The monoisotopic (exact) mass is 294 g/mol. The molecule has 2 aliphatic rings. The van der Waals surface area contributed by atoms with Gasteiger partial charge >= 0.3 is 0 Å². The molecule has 1 aliphatic carbocycles. The number of fused-ring (bicyclic) bond motifs is 2. The van der Waals surface area contributed by atoms with E-state index in [1.54, 1.807) is 16.4 Å². The van der Waals surface area contributed by atoms with Gasteiger partial charge in [0.2, 0.25) is 10.0 Å². The Bertz CT molecular complexity index is 568. The van der Waals surface area contributed by atoms with Crippen LogP contribution in [-0.2, 0) is 16.4 Å². The molecule has 2 bridgehead atoms. The number of sulfonamides is 1. The van der Waals surface area contributed by atoms with Gasteiger partial charge in [0.15, 0.2) is 0 Å². The minimum atomic E-state index is -3.30. The molecule has 0 radical (unpaired) electrons. The largest absolute Gasteiger partial charge is 0.330 e. The van der Waals surface area contributed by atoms with Gasteiger partial charge in [0.05, 0.1) is 4.90 Å². The highest BCUT2D eigenvalue weighted by Crippen LogP contribution is 2.40. The van der Waals surface area contributed by atoms with Crippen molar-refractivity contribution in [3.05, 3.63) is 29.8 Å². The molecule has 110 valence electrons. The first-order valence-electron chi connectivity index (χ1n) is 7.42. The maximum atomic E-state index is 12.7. The standard InChI is InChI=1S/C15H22N2O2S/c16-9-1-2-12-4-7-15(8-5-12)20(18,19)17-11-13-3-6-14(17)10-13/h4-5,7-8,13-14H,1-3,6,9-11,16H2. The molecular weight excluding hydrogens is 272 g/mol. The van der Waals surface area contributed by atoms with Crippen molar-refractivity contribution in [2.45, 2.75) is 43.0 Å². The van der Waals surface area contributed by atoms with Crippen LogP contribution in [0.5, 0.6) is 0 Å². The minimum Gasteiger partial charge on any atom is -0.330 e. The summed E-state index contributed by atoms with van der Waals surface area (Å²) in [6.45, 7) is 1.37. The van der Waals surface area contributed by atoms with Crippen molar-refractivity contribution in [3.63, 3.8) is 0 Å². The van der Waals surface area contributed by atoms with E-state index in [9.17, 15) is 8.42 Å². The molecule has 0 amide bonds. The fourth-order valence-corrected chi connectivity index (χ4v) is 5.19. The van der Waals surface area contributed by atoms with Crippen LogP contribution < -0.4 is 5.73 Å². The maximum absolute atomic E-state index is 12.7. The van der Waals surface area contributed by atoms with E-state index < -0.39 is 10.0 Å². The van der Waals surface area contributed by atoms with E-state index in [2.05, 4.69) is 0 Å². The third-order valence-corrected chi connectivity index (χ3v) is 6.49. The average Bonchev–Trinajstić information content (AvgIpc) is 3.08. The highest BCUT2D eigenvalue weighted by molar-refractivity contribution is 7.89. The van der Waals surface area contributed by atoms with Gasteiger partial charge in [-0.3, -0.25) is 0 Å². The van der Waals surface area contributed by atoms with Crippen LogP contribution in [-0.4, -0.2) is 31.9 Å². The van der Waals surface area contributed by atoms with E-state index in [0.29, 0.717) is 23.9 Å². The second-order valence-corrected chi connectivity index (χ2v) is 7.83. The summed E-state index contributed by atoms with van der Waals surface area (Å²) in [5.41, 5.74) is 6.64. The maximum Gasteiger partial charge on any atom is 0.243 e. The summed E-state index contributed by atoms with van der Waals surface area (Å²) in [6.07, 6.45) is 5.11. The molecule has 1 saturated heterocycles. The molecular formula is C15H22N2O2S. The number of nitrogens with zero attached hydrogens (tertiary/aromatic N) is 1. The predicted molar refractivity (Wildman–Crippen MR) is 78.8 cm³/mol. The van der Waals surface area contributed by atoms with E-state index in [-0.39, 0.29) is 6.04 Å². The van der Waals surface area contributed by atoms with Crippen LogP contribution in [0.15, 0.2) is 29.2 Å². The molecule has 2 fully saturated rings. The van der Waals surface area contributed by atoms with Gasteiger partial charge in [-0.25, -0.2) is 8.42 Å². The average molecular weight is 294 g/mol. The Balaban J connectivity index is 1.77. The normalized spacial score (nSPS) is 26.2. The van der Waals surface area contributed by atoms with Crippen LogP contribution in [0.1, 0.15) is 31.2 Å². The zero-order valence-corrected chi connectivity index (χ0v) is 12.5. The summed E-state index contributed by atoms with van der Waals surface area (Å²) < 4.78 is 27.0. The number of rotatable bonds is 5. The third-order valence-electron chi connectivity index (χ3n) is 4.56. The fraction of sp³-hybridized carbons (Fsp3) is 0.600. The van der Waals surface area contributed by atoms with Crippen LogP contribution in [0, 0.1) is 5.92 Å². The molecule has 4 nitrogen and oxygen atoms in total. The summed E-state index contributed by atoms with van der Waals surface area (Å²) in [5, 5.41) is 0. The topological polar surface area (TPSA) is 63.4 Å². The number of hydrogen-bond acceptors (Lipinski definition) is 3. The lowest BCUT2D eigenvalue weighted by molar-refractivity contribution is 0.333. The number of benzene rings is 1. The predicted octanol–water partition coefficient (Wildman–Crippen LogP) is 1.75. The Morgan fingerprint density at radius 2 is 1.95 bits per heavy atom. The minimum absolute atomic E-state index is 0.238. The Hall–Kier alpha value is -0.910. The first-order chi connectivity index (χ1) is 9.61. The molecule has 1 aromatic carbocycles. The quantitative estimate of drug-likeness (QED) is 0.900. The molecule has 0 aromatic heterocycles.